The molecule has 1 saturated heterocycles. The second kappa shape index (κ2) is 7.43. The summed E-state index contributed by atoms with van der Waals surface area (Å²) in [6.07, 6.45) is 2.09. The van der Waals surface area contributed by atoms with Gasteiger partial charge in [-0.05, 0) is 24.6 Å². The van der Waals surface area contributed by atoms with Crippen molar-refractivity contribution in [1.82, 2.24) is 14.6 Å². The first-order valence-corrected chi connectivity index (χ1v) is 10.2. The van der Waals surface area contributed by atoms with Crippen LogP contribution < -0.4 is 15.2 Å². The van der Waals surface area contributed by atoms with Crippen molar-refractivity contribution in [3.8, 4) is 16.9 Å². The van der Waals surface area contributed by atoms with Crippen molar-refractivity contribution in [3.63, 3.8) is 0 Å². The molecule has 5 rings (SSSR count). The fraction of sp³-hybridized carbons (Fsp3) is 0.208. The van der Waals surface area contributed by atoms with Crippen LogP contribution in [0.2, 0.25) is 0 Å². The normalized spacial score (nSPS) is 16.3. The predicted octanol–water partition coefficient (Wildman–Crippen LogP) is 3.53. The van der Waals surface area contributed by atoms with Crippen molar-refractivity contribution in [1.29, 1.82) is 0 Å². The molecule has 2 aromatic heterocycles. The summed E-state index contributed by atoms with van der Waals surface area (Å²) < 4.78 is 6.86. The van der Waals surface area contributed by atoms with Crippen molar-refractivity contribution in [2.24, 2.45) is 0 Å². The van der Waals surface area contributed by atoms with Gasteiger partial charge >= 0.3 is 0 Å². The molecule has 7 heteroatoms. The van der Waals surface area contributed by atoms with Crippen LogP contribution in [-0.2, 0) is 4.79 Å². The second-order valence-corrected chi connectivity index (χ2v) is 7.81. The molecule has 1 amide bonds. The summed E-state index contributed by atoms with van der Waals surface area (Å²) in [4.78, 5) is 32.1. The molecule has 0 spiro atoms. The molecule has 7 nitrogen and oxygen atoms in total. The lowest BCUT2D eigenvalue weighted by Gasteiger charge is -2.19. The lowest BCUT2D eigenvalue weighted by atomic mass is 10.0. The van der Waals surface area contributed by atoms with Crippen molar-refractivity contribution < 1.29 is 9.53 Å². The zero-order valence-corrected chi connectivity index (χ0v) is 17.3. The lowest BCUT2D eigenvalue weighted by Crippen LogP contribution is -2.25. The fourth-order valence-electron chi connectivity index (χ4n) is 4.15. The van der Waals surface area contributed by atoms with E-state index in [1.54, 1.807) is 18.2 Å². The Bertz CT molecular complexity index is 1340. The number of hydrogen-bond donors (Lipinski definition) is 1. The minimum atomic E-state index is -0.193. The van der Waals surface area contributed by atoms with Crippen LogP contribution in [0.4, 0.5) is 5.69 Å². The standard InChI is InChI=1S/C24H22N4O3/c1-15-7-9-16(10-8-15)18-13-25-28-23(30)12-19(26-24(18)28)17-11-22(29)27(14-17)20-5-3-4-6-21(20)31-2/h3-10,12-13,17,25H,11,14H2,1-2H3/t17-/m1/s1. The summed E-state index contributed by atoms with van der Waals surface area (Å²) in [6.45, 7) is 2.48. The molecular weight excluding hydrogens is 392 g/mol. The van der Waals surface area contributed by atoms with E-state index in [1.807, 2.05) is 55.5 Å². The van der Waals surface area contributed by atoms with Gasteiger partial charge in [0.05, 0.1) is 18.5 Å². The van der Waals surface area contributed by atoms with Crippen LogP contribution in [0.5, 0.6) is 5.75 Å². The number of carbonyl (C=O) groups is 1. The van der Waals surface area contributed by atoms with Crippen molar-refractivity contribution in [2.45, 2.75) is 19.3 Å². The summed E-state index contributed by atoms with van der Waals surface area (Å²) in [5.74, 6) is 0.465. The molecule has 3 heterocycles. The van der Waals surface area contributed by atoms with Crippen molar-refractivity contribution in [3.05, 3.63) is 82.4 Å². The molecule has 1 aliphatic heterocycles. The molecule has 0 unspecified atom stereocenters. The minimum absolute atomic E-state index is 0.00988. The molecule has 0 aliphatic carbocycles. The Balaban J connectivity index is 1.53. The maximum atomic E-state index is 12.8. The zero-order valence-electron chi connectivity index (χ0n) is 17.3. The number of hydrogen-bond acceptors (Lipinski definition) is 4. The Morgan fingerprint density at radius 2 is 1.87 bits per heavy atom. The quantitative estimate of drug-likeness (QED) is 0.554. The highest BCUT2D eigenvalue weighted by atomic mass is 16.5. The van der Waals surface area contributed by atoms with Gasteiger partial charge in [0, 0.05) is 36.7 Å². The zero-order chi connectivity index (χ0) is 21.5. The highest BCUT2D eigenvalue weighted by Crippen LogP contribution is 2.36. The molecule has 1 aliphatic rings. The van der Waals surface area contributed by atoms with Crippen molar-refractivity contribution >= 4 is 17.2 Å². The van der Waals surface area contributed by atoms with Crippen LogP contribution in [0.1, 0.15) is 23.6 Å². The van der Waals surface area contributed by atoms with Crippen LogP contribution in [-0.4, -0.2) is 34.2 Å². The summed E-state index contributed by atoms with van der Waals surface area (Å²) >= 11 is 0. The van der Waals surface area contributed by atoms with Crippen LogP contribution >= 0.6 is 0 Å². The lowest BCUT2D eigenvalue weighted by molar-refractivity contribution is -0.117. The number of anilines is 1. The summed E-state index contributed by atoms with van der Waals surface area (Å²) in [5.41, 5.74) is 4.73. The van der Waals surface area contributed by atoms with Gasteiger partial charge in [0.2, 0.25) is 5.91 Å². The number of aromatic nitrogens is 3. The van der Waals surface area contributed by atoms with E-state index in [0.717, 1.165) is 22.4 Å². The topological polar surface area (TPSA) is 79.7 Å². The van der Waals surface area contributed by atoms with E-state index in [1.165, 1.54) is 10.6 Å². The van der Waals surface area contributed by atoms with Crippen LogP contribution in [0, 0.1) is 6.92 Å². The molecule has 0 saturated carbocycles. The highest BCUT2D eigenvalue weighted by molar-refractivity contribution is 5.97. The van der Waals surface area contributed by atoms with Gasteiger partial charge in [-0.3, -0.25) is 14.7 Å². The van der Waals surface area contributed by atoms with Crippen LogP contribution in [0.15, 0.2) is 65.6 Å². The Morgan fingerprint density at radius 3 is 2.65 bits per heavy atom. The fourth-order valence-corrected chi connectivity index (χ4v) is 4.15. The number of rotatable bonds is 4. The maximum absolute atomic E-state index is 12.8. The maximum Gasteiger partial charge on any atom is 0.272 e. The van der Waals surface area contributed by atoms with Gasteiger partial charge in [-0.2, -0.15) is 0 Å². The van der Waals surface area contributed by atoms with Gasteiger partial charge in [-0.1, -0.05) is 42.0 Å². The molecule has 1 atom stereocenters. The van der Waals surface area contributed by atoms with Crippen LogP contribution in [0.25, 0.3) is 16.8 Å². The number of benzene rings is 2. The Labute approximate surface area is 178 Å². The third-order valence-corrected chi connectivity index (χ3v) is 5.80. The minimum Gasteiger partial charge on any atom is -0.495 e. The molecule has 4 aromatic rings. The van der Waals surface area contributed by atoms with E-state index in [2.05, 4.69) is 5.10 Å². The average molecular weight is 414 g/mol. The van der Waals surface area contributed by atoms with E-state index in [0.29, 0.717) is 30.1 Å². The van der Waals surface area contributed by atoms with Crippen LogP contribution in [0.3, 0.4) is 0 Å². The predicted molar refractivity (Wildman–Crippen MR) is 119 cm³/mol. The number of methoxy groups -OCH3 is 1. The van der Waals surface area contributed by atoms with Gasteiger partial charge in [0.1, 0.15) is 5.75 Å². The first-order chi connectivity index (χ1) is 15.0. The third kappa shape index (κ3) is 3.28. The molecule has 1 fully saturated rings. The largest absolute Gasteiger partial charge is 0.495 e. The average Bonchev–Trinajstić information content (AvgIpc) is 3.38. The number of amides is 1. The summed E-state index contributed by atoms with van der Waals surface area (Å²) in [5, 5.41) is 2.99. The van der Waals surface area contributed by atoms with Crippen molar-refractivity contribution in [2.75, 3.05) is 18.6 Å². The summed E-state index contributed by atoms with van der Waals surface area (Å²) in [7, 11) is 1.59. The number of fused-ring (bicyclic) bond motifs is 1. The number of ether oxygens (including phenoxy) is 1. The molecule has 0 bridgehead atoms. The number of aryl methyl sites for hydroxylation is 1. The molecule has 156 valence electrons. The monoisotopic (exact) mass is 414 g/mol. The van der Waals surface area contributed by atoms with Gasteiger partial charge < -0.3 is 9.64 Å². The van der Waals surface area contributed by atoms with E-state index >= 15 is 0 Å². The van der Waals surface area contributed by atoms with Gasteiger partial charge in [-0.15, -0.1) is 0 Å². The molecule has 31 heavy (non-hydrogen) atoms. The third-order valence-electron chi connectivity index (χ3n) is 5.80. The Morgan fingerprint density at radius 1 is 1.10 bits per heavy atom. The summed E-state index contributed by atoms with van der Waals surface area (Å²) in [6, 6.07) is 17.1. The highest BCUT2D eigenvalue weighted by Gasteiger charge is 2.34. The van der Waals surface area contributed by atoms with Gasteiger partial charge in [0.15, 0.2) is 5.65 Å². The van der Waals surface area contributed by atoms with E-state index in [4.69, 9.17) is 9.72 Å². The number of para-hydroxylation sites is 2. The molecule has 0 radical (unpaired) electrons. The Kier molecular flexibility index (Phi) is 4.58. The number of aromatic amines is 1. The number of nitrogens with one attached hydrogen (secondary N) is 1. The Hall–Kier alpha value is -3.87. The van der Waals surface area contributed by atoms with Gasteiger partial charge in [0.25, 0.3) is 5.56 Å². The first-order valence-electron chi connectivity index (χ1n) is 10.2. The van der Waals surface area contributed by atoms with Gasteiger partial charge in [-0.25, -0.2) is 9.50 Å². The number of H-pyrrole nitrogens is 1. The number of carbonyl (C=O) groups excluding carboxylic acids is 1. The SMILES string of the molecule is COc1ccccc1N1C[C@H](c2cc(=O)n3[nH]cc(-c4ccc(C)cc4)c3n2)CC1=O. The first kappa shape index (κ1) is 19.1. The van der Waals surface area contributed by atoms with E-state index < -0.39 is 0 Å². The smallest absolute Gasteiger partial charge is 0.272 e. The van der Waals surface area contributed by atoms with E-state index in [9.17, 15) is 9.59 Å². The molecule has 1 N–H and O–H groups in total. The molecule has 2 aromatic carbocycles. The van der Waals surface area contributed by atoms with E-state index in [-0.39, 0.29) is 17.4 Å². The second-order valence-electron chi connectivity index (χ2n) is 7.81. The number of nitrogens with zero attached hydrogens (tertiary/aromatic N) is 3. The molecular formula is C24H22N4O3.